The average molecular weight is 236 g/mol. The molecule has 4 heteroatoms. The van der Waals surface area contributed by atoms with E-state index >= 15 is 0 Å². The maximum Gasteiger partial charge on any atom is 0.0239 e. The molecule has 2 bridgehead atoms. The van der Waals surface area contributed by atoms with Crippen molar-refractivity contribution in [1.29, 1.82) is 0 Å². The van der Waals surface area contributed by atoms with Gasteiger partial charge >= 0.3 is 0 Å². The maximum atomic E-state index is 2.68. The Bertz CT molecular complexity index is 174. The summed E-state index contributed by atoms with van der Waals surface area (Å²) in [5.74, 6) is 0.828. The zero-order valence-corrected chi connectivity index (χ0v) is 11.5. The van der Waals surface area contributed by atoms with Gasteiger partial charge in [-0.05, 0) is 19.4 Å². The van der Waals surface area contributed by atoms with Gasteiger partial charge in [0.2, 0.25) is 0 Å². The molecule has 14 heavy (non-hydrogen) atoms. The van der Waals surface area contributed by atoms with E-state index in [0.29, 0.717) is 0 Å². The maximum absolute atomic E-state index is 2.68. The summed E-state index contributed by atoms with van der Waals surface area (Å²) in [6.07, 6.45) is 1.42. The number of fused-ring (bicyclic) bond motifs is 2. The minimum atomic E-state index is 0. The molecule has 86 valence electrons. The first kappa shape index (κ1) is 14.6. The molecule has 2 rings (SSSR count). The fraction of sp³-hybridized carbons (Fsp3) is 1.00. The van der Waals surface area contributed by atoms with Crippen LogP contribution in [0.1, 0.15) is 20.3 Å². The van der Waals surface area contributed by atoms with Crippen LogP contribution in [0.4, 0.5) is 0 Å². The molecule has 2 unspecified atom stereocenters. The van der Waals surface area contributed by atoms with Gasteiger partial charge in [-0.15, -0.1) is 0 Å². The first-order valence-corrected chi connectivity index (χ1v) is 5.11. The van der Waals surface area contributed by atoms with E-state index in [-0.39, 0.29) is 27.0 Å². The van der Waals surface area contributed by atoms with Gasteiger partial charge in [-0.1, -0.05) is 13.8 Å². The second-order valence-electron chi connectivity index (χ2n) is 4.83. The molecule has 2 aliphatic rings. The monoisotopic (exact) mass is 236 g/mol. The van der Waals surface area contributed by atoms with Crippen LogP contribution in [-0.2, 0) is 0 Å². The summed E-state index contributed by atoms with van der Waals surface area (Å²) in [7, 11) is 2.26. The molecule has 0 aromatic carbocycles. The van der Waals surface area contributed by atoms with Crippen LogP contribution in [0.25, 0.3) is 0 Å². The quantitative estimate of drug-likeness (QED) is 0.712. The minimum absolute atomic E-state index is 0. The van der Waals surface area contributed by atoms with Crippen LogP contribution < -0.4 is 0 Å². The van der Waals surface area contributed by atoms with Crippen LogP contribution >= 0.6 is 27.0 Å². The van der Waals surface area contributed by atoms with Crippen molar-refractivity contribution in [2.75, 3.05) is 26.7 Å². The molecule has 0 aromatic rings. The van der Waals surface area contributed by atoms with Crippen molar-refractivity contribution in [2.45, 2.75) is 32.4 Å². The standard InChI is InChI=1S/C10H20N2.2H2S/c1-8(2)5-12-7-9-4-10(12)6-11(9)3;;/h8-10H,4-7H2,1-3H3;2*1H2. The average Bonchev–Trinajstić information content (AvgIpc) is 2.44. The SMILES string of the molecule is CC(C)CN1CC2CC1CN2C.S.S. The summed E-state index contributed by atoms with van der Waals surface area (Å²) in [6, 6.07) is 1.75. The van der Waals surface area contributed by atoms with Gasteiger partial charge in [0, 0.05) is 31.7 Å². The summed E-state index contributed by atoms with van der Waals surface area (Å²) < 4.78 is 0. The molecule has 0 aliphatic carbocycles. The number of rotatable bonds is 2. The minimum Gasteiger partial charge on any atom is -0.301 e. The molecule has 2 saturated heterocycles. The van der Waals surface area contributed by atoms with Crippen LogP contribution in [-0.4, -0.2) is 48.6 Å². The van der Waals surface area contributed by atoms with Crippen molar-refractivity contribution < 1.29 is 0 Å². The fourth-order valence-corrected chi connectivity index (χ4v) is 2.64. The molecule has 2 atom stereocenters. The third kappa shape index (κ3) is 2.81. The third-order valence-electron chi connectivity index (χ3n) is 3.23. The Morgan fingerprint density at radius 3 is 2.14 bits per heavy atom. The van der Waals surface area contributed by atoms with E-state index in [4.69, 9.17) is 0 Å². The number of likely N-dealkylation sites (N-methyl/N-ethyl adjacent to an activating group) is 1. The lowest BCUT2D eigenvalue weighted by atomic mass is 10.2. The molecule has 2 nitrogen and oxygen atoms in total. The first-order chi connectivity index (χ1) is 5.66. The highest BCUT2D eigenvalue weighted by Gasteiger charge is 2.40. The zero-order chi connectivity index (χ0) is 8.72. The van der Waals surface area contributed by atoms with Crippen molar-refractivity contribution >= 4 is 27.0 Å². The highest BCUT2D eigenvalue weighted by molar-refractivity contribution is 7.59. The Hall–Kier alpha value is 0.620. The largest absolute Gasteiger partial charge is 0.301 e. The lowest BCUT2D eigenvalue weighted by Gasteiger charge is -2.32. The van der Waals surface area contributed by atoms with Crippen molar-refractivity contribution in [1.82, 2.24) is 9.80 Å². The van der Waals surface area contributed by atoms with E-state index in [0.717, 1.165) is 18.0 Å². The van der Waals surface area contributed by atoms with Crippen molar-refractivity contribution in [3.8, 4) is 0 Å². The molecule has 0 aromatic heterocycles. The molecule has 0 N–H and O–H groups in total. The van der Waals surface area contributed by atoms with Crippen LogP contribution in [0, 0.1) is 5.92 Å². The molecule has 0 radical (unpaired) electrons. The number of nitrogens with zero attached hydrogens (tertiary/aromatic N) is 2. The van der Waals surface area contributed by atoms with E-state index in [9.17, 15) is 0 Å². The summed E-state index contributed by atoms with van der Waals surface area (Å²) in [5.41, 5.74) is 0. The lowest BCUT2D eigenvalue weighted by molar-refractivity contribution is 0.137. The molecule has 0 spiro atoms. The summed E-state index contributed by atoms with van der Waals surface area (Å²) >= 11 is 0. The highest BCUT2D eigenvalue weighted by atomic mass is 32.1. The normalized spacial score (nSPS) is 31.7. The third-order valence-corrected chi connectivity index (χ3v) is 3.23. The lowest BCUT2D eigenvalue weighted by Crippen LogP contribution is -2.45. The van der Waals surface area contributed by atoms with Gasteiger partial charge in [0.1, 0.15) is 0 Å². The van der Waals surface area contributed by atoms with Crippen molar-refractivity contribution in [3.05, 3.63) is 0 Å². The summed E-state index contributed by atoms with van der Waals surface area (Å²) in [5, 5.41) is 0. The first-order valence-electron chi connectivity index (χ1n) is 5.11. The molecule has 0 amide bonds. The zero-order valence-electron chi connectivity index (χ0n) is 9.45. The van der Waals surface area contributed by atoms with Gasteiger partial charge in [0.25, 0.3) is 0 Å². The predicted octanol–water partition coefficient (Wildman–Crippen LogP) is 1.26. The number of piperazine rings is 1. The Labute approximate surface area is 102 Å². The molecule has 2 aliphatic heterocycles. The number of likely N-dealkylation sites (tertiary alicyclic amines) is 2. The van der Waals surface area contributed by atoms with E-state index in [1.807, 2.05) is 0 Å². The van der Waals surface area contributed by atoms with Gasteiger partial charge < -0.3 is 4.90 Å². The van der Waals surface area contributed by atoms with Gasteiger partial charge in [-0.25, -0.2) is 0 Å². The number of hydrogen-bond acceptors (Lipinski definition) is 2. The van der Waals surface area contributed by atoms with E-state index < -0.39 is 0 Å². The van der Waals surface area contributed by atoms with E-state index in [2.05, 4.69) is 30.7 Å². The van der Waals surface area contributed by atoms with Gasteiger partial charge in [0.05, 0.1) is 0 Å². The van der Waals surface area contributed by atoms with Crippen LogP contribution in [0.3, 0.4) is 0 Å². The van der Waals surface area contributed by atoms with Gasteiger partial charge in [-0.2, -0.15) is 27.0 Å². The molecule has 2 fully saturated rings. The van der Waals surface area contributed by atoms with E-state index in [1.54, 1.807) is 0 Å². The summed E-state index contributed by atoms with van der Waals surface area (Å²) in [4.78, 5) is 5.19. The Morgan fingerprint density at radius 2 is 1.79 bits per heavy atom. The Balaban J connectivity index is 0.000000845. The summed E-state index contributed by atoms with van der Waals surface area (Å²) in [6.45, 7) is 8.55. The second kappa shape index (κ2) is 5.64. The molecule has 2 heterocycles. The van der Waals surface area contributed by atoms with Gasteiger partial charge in [-0.3, -0.25) is 4.90 Å². The fourth-order valence-electron chi connectivity index (χ4n) is 2.64. The van der Waals surface area contributed by atoms with Crippen molar-refractivity contribution in [3.63, 3.8) is 0 Å². The van der Waals surface area contributed by atoms with Crippen molar-refractivity contribution in [2.24, 2.45) is 5.92 Å². The molecular formula is C10H24N2S2. The second-order valence-corrected chi connectivity index (χ2v) is 4.83. The van der Waals surface area contributed by atoms with Crippen LogP contribution in [0.15, 0.2) is 0 Å². The Kier molecular flexibility index (Phi) is 5.88. The Morgan fingerprint density at radius 1 is 1.14 bits per heavy atom. The smallest absolute Gasteiger partial charge is 0.0239 e. The van der Waals surface area contributed by atoms with Crippen LogP contribution in [0.5, 0.6) is 0 Å². The number of hydrogen-bond donors (Lipinski definition) is 0. The van der Waals surface area contributed by atoms with E-state index in [1.165, 1.54) is 26.1 Å². The highest BCUT2D eigenvalue weighted by Crippen LogP contribution is 2.29. The predicted molar refractivity (Wildman–Crippen MR) is 72.0 cm³/mol. The molecule has 0 saturated carbocycles. The van der Waals surface area contributed by atoms with Gasteiger partial charge in [0.15, 0.2) is 0 Å². The molecular weight excluding hydrogens is 212 g/mol. The topological polar surface area (TPSA) is 6.48 Å². The van der Waals surface area contributed by atoms with Crippen LogP contribution in [0.2, 0.25) is 0 Å².